The van der Waals surface area contributed by atoms with Crippen molar-refractivity contribution in [2.45, 2.75) is 129 Å². The van der Waals surface area contributed by atoms with Gasteiger partial charge >= 0.3 is 0 Å². The molecule has 0 spiro atoms. The highest BCUT2D eigenvalue weighted by Gasteiger charge is 2.08. The Morgan fingerprint density at radius 1 is 0.583 bits per heavy atom. The summed E-state index contributed by atoms with van der Waals surface area (Å²) in [6.45, 7) is 5.83. The Morgan fingerprint density at radius 3 is 1.54 bits per heavy atom. The Hall–Kier alpha value is -0.0800. The van der Waals surface area contributed by atoms with Gasteiger partial charge in [-0.1, -0.05) is 97.3 Å². The van der Waals surface area contributed by atoms with E-state index in [1.807, 2.05) is 0 Å². The van der Waals surface area contributed by atoms with E-state index in [1.54, 1.807) is 0 Å². The molecular weight excluding hydrogens is 296 g/mol. The van der Waals surface area contributed by atoms with Gasteiger partial charge < -0.3 is 9.84 Å². The van der Waals surface area contributed by atoms with E-state index >= 15 is 0 Å². The lowest BCUT2D eigenvalue weighted by Gasteiger charge is -2.18. The molecule has 0 aromatic carbocycles. The SMILES string of the molecule is CCCCCCCCC(CCCCCCCCCO)OCCCC. The molecule has 1 atom stereocenters. The summed E-state index contributed by atoms with van der Waals surface area (Å²) in [5, 5.41) is 8.77. The van der Waals surface area contributed by atoms with Gasteiger partial charge in [-0.05, 0) is 25.7 Å². The molecule has 0 heterocycles. The molecular formula is C22H46O2. The van der Waals surface area contributed by atoms with Crippen molar-refractivity contribution in [1.29, 1.82) is 0 Å². The average molecular weight is 343 g/mol. The second-order valence-corrected chi connectivity index (χ2v) is 7.39. The minimum absolute atomic E-state index is 0.356. The Morgan fingerprint density at radius 2 is 1.04 bits per heavy atom. The largest absolute Gasteiger partial charge is 0.396 e. The first kappa shape index (κ1) is 23.9. The number of ether oxygens (including phenoxy) is 1. The molecule has 0 fully saturated rings. The number of aliphatic hydroxyl groups is 1. The number of unbranched alkanes of at least 4 members (excludes halogenated alkanes) is 12. The summed E-state index contributed by atoms with van der Waals surface area (Å²) in [7, 11) is 0. The lowest BCUT2D eigenvalue weighted by Crippen LogP contribution is -2.14. The van der Waals surface area contributed by atoms with Crippen LogP contribution in [-0.2, 0) is 4.74 Å². The summed E-state index contributed by atoms with van der Waals surface area (Å²) in [5.41, 5.74) is 0. The zero-order valence-electron chi connectivity index (χ0n) is 16.9. The van der Waals surface area contributed by atoms with Gasteiger partial charge in [0.05, 0.1) is 6.10 Å². The molecule has 0 aromatic rings. The third-order valence-electron chi connectivity index (χ3n) is 4.92. The van der Waals surface area contributed by atoms with Crippen LogP contribution in [0, 0.1) is 0 Å². The molecule has 2 nitrogen and oxygen atoms in total. The van der Waals surface area contributed by atoms with Gasteiger partial charge in [-0.3, -0.25) is 0 Å². The molecule has 0 aliphatic rings. The Balaban J connectivity index is 3.63. The van der Waals surface area contributed by atoms with Crippen molar-refractivity contribution in [3.63, 3.8) is 0 Å². The molecule has 0 saturated heterocycles. The topological polar surface area (TPSA) is 29.5 Å². The predicted octanol–water partition coefficient (Wildman–Crippen LogP) is 7.04. The van der Waals surface area contributed by atoms with E-state index < -0.39 is 0 Å². The molecule has 24 heavy (non-hydrogen) atoms. The van der Waals surface area contributed by atoms with Gasteiger partial charge in [0.25, 0.3) is 0 Å². The van der Waals surface area contributed by atoms with Crippen molar-refractivity contribution >= 4 is 0 Å². The van der Waals surface area contributed by atoms with Crippen molar-refractivity contribution in [2.24, 2.45) is 0 Å². The van der Waals surface area contributed by atoms with Crippen molar-refractivity contribution in [2.75, 3.05) is 13.2 Å². The summed E-state index contributed by atoms with van der Waals surface area (Å²) in [4.78, 5) is 0. The molecule has 0 bridgehead atoms. The second-order valence-electron chi connectivity index (χ2n) is 7.39. The molecule has 0 saturated carbocycles. The maximum absolute atomic E-state index is 8.77. The fourth-order valence-electron chi connectivity index (χ4n) is 3.23. The summed E-state index contributed by atoms with van der Waals surface area (Å²) in [6.07, 6.45) is 22.6. The smallest absolute Gasteiger partial charge is 0.0575 e. The molecule has 1 unspecified atom stereocenters. The van der Waals surface area contributed by atoms with Crippen LogP contribution in [0.1, 0.15) is 123 Å². The first-order valence-electron chi connectivity index (χ1n) is 11.1. The van der Waals surface area contributed by atoms with Crippen LogP contribution < -0.4 is 0 Å². The molecule has 0 aliphatic heterocycles. The number of aliphatic hydroxyl groups excluding tert-OH is 1. The standard InChI is InChI=1S/C22H46O2/c1-3-5-7-8-12-15-18-22(24-21-6-4-2)19-16-13-10-9-11-14-17-20-23/h22-23H,3-21H2,1-2H3. The first-order valence-corrected chi connectivity index (χ1v) is 11.1. The second kappa shape index (κ2) is 21.0. The minimum atomic E-state index is 0.356. The Bertz CT molecular complexity index is 218. The van der Waals surface area contributed by atoms with E-state index in [2.05, 4.69) is 13.8 Å². The van der Waals surface area contributed by atoms with Crippen LogP contribution >= 0.6 is 0 Å². The molecule has 0 aliphatic carbocycles. The van der Waals surface area contributed by atoms with Gasteiger partial charge in [0.15, 0.2) is 0 Å². The Labute approximate surface area is 152 Å². The fourth-order valence-corrected chi connectivity index (χ4v) is 3.23. The van der Waals surface area contributed by atoms with Gasteiger partial charge in [0, 0.05) is 13.2 Å². The van der Waals surface area contributed by atoms with Crippen LogP contribution in [0.2, 0.25) is 0 Å². The van der Waals surface area contributed by atoms with Crippen LogP contribution in [0.25, 0.3) is 0 Å². The van der Waals surface area contributed by atoms with Gasteiger partial charge in [-0.2, -0.15) is 0 Å². The van der Waals surface area contributed by atoms with E-state index in [4.69, 9.17) is 9.84 Å². The van der Waals surface area contributed by atoms with Crippen LogP contribution in [0.4, 0.5) is 0 Å². The van der Waals surface area contributed by atoms with Crippen molar-refractivity contribution in [3.05, 3.63) is 0 Å². The Kier molecular flexibility index (Phi) is 20.9. The molecule has 0 radical (unpaired) electrons. The molecule has 2 heteroatoms. The molecule has 0 rings (SSSR count). The third kappa shape index (κ3) is 18.3. The van der Waals surface area contributed by atoms with E-state index in [1.165, 1.54) is 103 Å². The summed E-state index contributed by atoms with van der Waals surface area (Å²) < 4.78 is 6.14. The zero-order chi connectivity index (χ0) is 17.7. The zero-order valence-corrected chi connectivity index (χ0v) is 16.9. The lowest BCUT2D eigenvalue weighted by molar-refractivity contribution is 0.0364. The van der Waals surface area contributed by atoms with E-state index in [0.29, 0.717) is 12.7 Å². The average Bonchev–Trinajstić information content (AvgIpc) is 2.59. The van der Waals surface area contributed by atoms with Crippen LogP contribution in [0.15, 0.2) is 0 Å². The highest BCUT2D eigenvalue weighted by molar-refractivity contribution is 4.60. The number of hydrogen-bond donors (Lipinski definition) is 1. The first-order chi connectivity index (χ1) is 11.8. The van der Waals surface area contributed by atoms with Gasteiger partial charge in [-0.15, -0.1) is 0 Å². The van der Waals surface area contributed by atoms with Gasteiger partial charge in [0.2, 0.25) is 0 Å². The number of hydrogen-bond acceptors (Lipinski definition) is 2. The highest BCUT2D eigenvalue weighted by atomic mass is 16.5. The maximum atomic E-state index is 8.77. The molecule has 146 valence electrons. The summed E-state index contributed by atoms with van der Waals surface area (Å²) >= 11 is 0. The van der Waals surface area contributed by atoms with Crippen LogP contribution in [0.5, 0.6) is 0 Å². The van der Waals surface area contributed by atoms with Crippen LogP contribution in [-0.4, -0.2) is 24.4 Å². The van der Waals surface area contributed by atoms with Crippen molar-refractivity contribution in [3.8, 4) is 0 Å². The van der Waals surface area contributed by atoms with E-state index in [0.717, 1.165) is 13.0 Å². The van der Waals surface area contributed by atoms with Crippen molar-refractivity contribution in [1.82, 2.24) is 0 Å². The highest BCUT2D eigenvalue weighted by Crippen LogP contribution is 2.17. The lowest BCUT2D eigenvalue weighted by atomic mass is 10.0. The van der Waals surface area contributed by atoms with Gasteiger partial charge in [-0.25, -0.2) is 0 Å². The number of rotatable bonds is 20. The molecule has 0 amide bonds. The molecule has 0 aromatic heterocycles. The quantitative estimate of drug-likeness (QED) is 0.240. The van der Waals surface area contributed by atoms with Gasteiger partial charge in [0.1, 0.15) is 0 Å². The van der Waals surface area contributed by atoms with E-state index in [9.17, 15) is 0 Å². The minimum Gasteiger partial charge on any atom is -0.396 e. The monoisotopic (exact) mass is 342 g/mol. The summed E-state index contributed by atoms with van der Waals surface area (Å²) in [6, 6.07) is 0. The van der Waals surface area contributed by atoms with E-state index in [-0.39, 0.29) is 0 Å². The predicted molar refractivity (Wildman–Crippen MR) is 107 cm³/mol. The maximum Gasteiger partial charge on any atom is 0.0575 e. The van der Waals surface area contributed by atoms with Crippen LogP contribution in [0.3, 0.4) is 0 Å². The third-order valence-corrected chi connectivity index (χ3v) is 4.92. The summed E-state index contributed by atoms with van der Waals surface area (Å²) in [5.74, 6) is 0. The fraction of sp³-hybridized carbons (Fsp3) is 1.00. The van der Waals surface area contributed by atoms with Crippen molar-refractivity contribution < 1.29 is 9.84 Å². The molecule has 1 N–H and O–H groups in total. The normalized spacial score (nSPS) is 12.6.